The molecule has 5 nitrogen and oxygen atoms in total. The van der Waals surface area contributed by atoms with Crippen molar-refractivity contribution in [2.45, 2.75) is 17.9 Å². The fourth-order valence-corrected chi connectivity index (χ4v) is 3.29. The van der Waals surface area contributed by atoms with Crippen molar-refractivity contribution in [1.29, 1.82) is 5.26 Å². The first-order chi connectivity index (χ1) is 10.4. The number of benzene rings is 1. The van der Waals surface area contributed by atoms with Gasteiger partial charge in [0.15, 0.2) is 0 Å². The van der Waals surface area contributed by atoms with Crippen LogP contribution in [0.4, 0.5) is 4.39 Å². The molecule has 1 aromatic heterocycles. The van der Waals surface area contributed by atoms with E-state index >= 15 is 0 Å². The molecule has 1 aromatic carbocycles. The molecule has 0 fully saturated rings. The van der Waals surface area contributed by atoms with Crippen molar-refractivity contribution in [1.82, 2.24) is 9.29 Å². The van der Waals surface area contributed by atoms with Crippen LogP contribution in [0, 0.1) is 17.1 Å². The minimum absolute atomic E-state index is 0.0528. The van der Waals surface area contributed by atoms with Crippen LogP contribution in [-0.2, 0) is 10.0 Å². The number of aromatic nitrogens is 1. The second-order valence-corrected chi connectivity index (χ2v) is 6.77. The normalized spacial score (nSPS) is 12.9. The third kappa shape index (κ3) is 3.13. The van der Waals surface area contributed by atoms with Crippen molar-refractivity contribution in [3.05, 3.63) is 59.7 Å². The summed E-state index contributed by atoms with van der Waals surface area (Å²) in [5.41, 5.74) is 0.834. The van der Waals surface area contributed by atoms with Crippen LogP contribution in [0.1, 0.15) is 24.1 Å². The summed E-state index contributed by atoms with van der Waals surface area (Å²) in [5, 5.41) is 8.85. The molecule has 114 valence electrons. The minimum Gasteiger partial charge on any atom is -0.262 e. The number of rotatable bonds is 4. The Balaban J connectivity index is 2.36. The van der Waals surface area contributed by atoms with Crippen molar-refractivity contribution in [2.24, 2.45) is 0 Å². The highest BCUT2D eigenvalue weighted by Crippen LogP contribution is 2.25. The maximum absolute atomic E-state index is 13.0. The van der Waals surface area contributed by atoms with E-state index in [-0.39, 0.29) is 16.3 Å². The molecule has 0 saturated carbocycles. The first-order valence-corrected chi connectivity index (χ1v) is 7.89. The molecule has 0 spiro atoms. The Morgan fingerprint density at radius 1 is 1.27 bits per heavy atom. The van der Waals surface area contributed by atoms with Crippen molar-refractivity contribution >= 4 is 10.0 Å². The molecule has 0 bridgehead atoms. The molecule has 0 aliphatic carbocycles. The standard InChI is InChI=1S/C15H14FN3O2S/c1-11(13-3-5-14(16)6-4-13)19(2)22(20,21)15-7-12(8-17)9-18-10-15/h3-7,9-11H,1-2H3/t11-/m0/s1. The molecule has 0 N–H and O–H groups in total. The molecular weight excluding hydrogens is 305 g/mol. The molecule has 7 heteroatoms. The zero-order valence-corrected chi connectivity index (χ0v) is 12.9. The third-order valence-corrected chi connectivity index (χ3v) is 5.31. The summed E-state index contributed by atoms with van der Waals surface area (Å²) >= 11 is 0. The van der Waals surface area contributed by atoms with Crippen LogP contribution in [0.2, 0.25) is 0 Å². The van der Waals surface area contributed by atoms with Gasteiger partial charge in [0.25, 0.3) is 0 Å². The van der Waals surface area contributed by atoms with Crippen LogP contribution < -0.4 is 0 Å². The largest absolute Gasteiger partial charge is 0.262 e. The molecule has 2 aromatic rings. The Morgan fingerprint density at radius 2 is 1.91 bits per heavy atom. The van der Waals surface area contributed by atoms with E-state index in [0.29, 0.717) is 5.56 Å². The quantitative estimate of drug-likeness (QED) is 0.867. The fourth-order valence-electron chi connectivity index (χ4n) is 1.95. The molecular formula is C15H14FN3O2S. The number of halogens is 1. The molecule has 0 amide bonds. The van der Waals surface area contributed by atoms with Gasteiger partial charge in [0.05, 0.1) is 5.56 Å². The second-order valence-electron chi connectivity index (χ2n) is 4.77. The Bertz CT molecular complexity index is 813. The SMILES string of the molecule is C[C@@H](c1ccc(F)cc1)N(C)S(=O)(=O)c1cncc(C#N)c1. The molecule has 0 saturated heterocycles. The molecule has 1 heterocycles. The zero-order chi connectivity index (χ0) is 16.3. The summed E-state index contributed by atoms with van der Waals surface area (Å²) in [5.74, 6) is -0.382. The van der Waals surface area contributed by atoms with E-state index in [9.17, 15) is 12.8 Å². The number of pyridine rings is 1. The molecule has 0 aliphatic heterocycles. The topological polar surface area (TPSA) is 74.1 Å². The molecule has 2 rings (SSSR count). The number of sulfonamides is 1. The summed E-state index contributed by atoms with van der Waals surface area (Å²) in [7, 11) is -2.37. The van der Waals surface area contributed by atoms with Crippen molar-refractivity contribution in [2.75, 3.05) is 7.05 Å². The number of hydrogen-bond donors (Lipinski definition) is 0. The molecule has 0 radical (unpaired) electrons. The summed E-state index contributed by atoms with van der Waals surface area (Å²) in [6.45, 7) is 1.70. The van der Waals surface area contributed by atoms with E-state index in [2.05, 4.69) is 4.98 Å². The fraction of sp³-hybridized carbons (Fsp3) is 0.200. The van der Waals surface area contributed by atoms with Gasteiger partial charge in [0.1, 0.15) is 16.8 Å². The second kappa shape index (κ2) is 6.22. The van der Waals surface area contributed by atoms with E-state index in [1.807, 2.05) is 6.07 Å². The van der Waals surface area contributed by atoms with Gasteiger partial charge in [-0.1, -0.05) is 12.1 Å². The summed E-state index contributed by atoms with van der Waals surface area (Å²) in [6, 6.07) is 8.28. The van der Waals surface area contributed by atoms with Gasteiger partial charge in [-0.25, -0.2) is 12.8 Å². The third-order valence-electron chi connectivity index (χ3n) is 3.42. The summed E-state index contributed by atoms with van der Waals surface area (Å²) in [6.07, 6.45) is 2.49. The van der Waals surface area contributed by atoms with Crippen LogP contribution in [0.15, 0.2) is 47.6 Å². The number of nitriles is 1. The van der Waals surface area contributed by atoms with Crippen molar-refractivity contribution < 1.29 is 12.8 Å². The smallest absolute Gasteiger partial charge is 0.244 e. The van der Waals surface area contributed by atoms with Gasteiger partial charge in [-0.05, 0) is 30.7 Å². The molecule has 22 heavy (non-hydrogen) atoms. The van der Waals surface area contributed by atoms with Crippen LogP contribution in [-0.4, -0.2) is 24.8 Å². The average Bonchev–Trinajstić information content (AvgIpc) is 2.54. The highest BCUT2D eigenvalue weighted by molar-refractivity contribution is 7.89. The first-order valence-electron chi connectivity index (χ1n) is 6.45. The zero-order valence-electron chi connectivity index (χ0n) is 12.1. The van der Waals surface area contributed by atoms with Gasteiger partial charge in [0, 0.05) is 25.5 Å². The Kier molecular flexibility index (Phi) is 4.54. The van der Waals surface area contributed by atoms with Gasteiger partial charge >= 0.3 is 0 Å². The van der Waals surface area contributed by atoms with Gasteiger partial charge in [-0.3, -0.25) is 4.98 Å². The summed E-state index contributed by atoms with van der Waals surface area (Å²) < 4.78 is 39.3. The maximum Gasteiger partial charge on any atom is 0.244 e. The maximum atomic E-state index is 13.0. The average molecular weight is 319 g/mol. The van der Waals surface area contributed by atoms with Crippen molar-refractivity contribution in [3.8, 4) is 6.07 Å². The Labute approximate surface area is 128 Å². The van der Waals surface area contributed by atoms with Crippen LogP contribution in [0.3, 0.4) is 0 Å². The monoisotopic (exact) mass is 319 g/mol. The van der Waals surface area contributed by atoms with Gasteiger partial charge in [0.2, 0.25) is 10.0 Å². The van der Waals surface area contributed by atoms with E-state index in [1.165, 1.54) is 54.1 Å². The van der Waals surface area contributed by atoms with E-state index < -0.39 is 16.1 Å². The van der Waals surface area contributed by atoms with Gasteiger partial charge < -0.3 is 0 Å². The number of nitrogens with zero attached hydrogens (tertiary/aromatic N) is 3. The highest BCUT2D eigenvalue weighted by atomic mass is 32.2. The predicted molar refractivity (Wildman–Crippen MR) is 78.7 cm³/mol. The van der Waals surface area contributed by atoms with Crippen LogP contribution in [0.5, 0.6) is 0 Å². The lowest BCUT2D eigenvalue weighted by atomic mass is 10.1. The summed E-state index contributed by atoms with van der Waals surface area (Å²) in [4.78, 5) is 3.72. The van der Waals surface area contributed by atoms with Gasteiger partial charge in [-0.2, -0.15) is 9.57 Å². The molecule has 0 aliphatic rings. The lowest BCUT2D eigenvalue weighted by molar-refractivity contribution is 0.398. The minimum atomic E-state index is -3.80. The van der Waals surface area contributed by atoms with Gasteiger partial charge in [-0.15, -0.1) is 0 Å². The predicted octanol–water partition coefficient (Wildman–Crippen LogP) is 2.47. The van der Waals surface area contributed by atoms with E-state index in [1.54, 1.807) is 6.92 Å². The number of hydrogen-bond acceptors (Lipinski definition) is 4. The van der Waals surface area contributed by atoms with E-state index in [4.69, 9.17) is 5.26 Å². The lowest BCUT2D eigenvalue weighted by Crippen LogP contribution is -2.30. The lowest BCUT2D eigenvalue weighted by Gasteiger charge is -2.24. The van der Waals surface area contributed by atoms with Crippen molar-refractivity contribution in [3.63, 3.8) is 0 Å². The van der Waals surface area contributed by atoms with E-state index in [0.717, 1.165) is 0 Å². The van der Waals surface area contributed by atoms with Crippen LogP contribution in [0.25, 0.3) is 0 Å². The Hall–Kier alpha value is -2.30. The Morgan fingerprint density at radius 3 is 2.50 bits per heavy atom. The molecule has 0 unspecified atom stereocenters. The van der Waals surface area contributed by atoms with Crippen LogP contribution >= 0.6 is 0 Å². The highest BCUT2D eigenvalue weighted by Gasteiger charge is 2.26. The molecule has 1 atom stereocenters. The first kappa shape index (κ1) is 16.1.